The third kappa shape index (κ3) is 5.41. The molecule has 0 saturated heterocycles. The summed E-state index contributed by atoms with van der Waals surface area (Å²) < 4.78 is 11.9. The van der Waals surface area contributed by atoms with Crippen LogP contribution in [-0.4, -0.2) is 24.1 Å². The van der Waals surface area contributed by atoms with Crippen LogP contribution in [0.25, 0.3) is 122 Å². The van der Waals surface area contributed by atoms with Crippen molar-refractivity contribution in [2.75, 3.05) is 0 Å². The van der Waals surface area contributed by atoms with E-state index in [1.165, 1.54) is 0 Å². The average molecular weight is 806 g/mol. The lowest BCUT2D eigenvalue weighted by molar-refractivity contribution is 0.673. The maximum atomic E-state index is 6.99. The largest absolute Gasteiger partial charge is 0.455 e. The van der Waals surface area contributed by atoms with Gasteiger partial charge in [0, 0.05) is 54.9 Å². The summed E-state index contributed by atoms with van der Waals surface area (Å²) in [6.07, 6.45) is 0. The maximum absolute atomic E-state index is 6.99. The molecule has 0 spiro atoms. The van der Waals surface area contributed by atoms with Gasteiger partial charge in [0.25, 0.3) is 0 Å². The molecule has 0 unspecified atom stereocenters. The van der Waals surface area contributed by atoms with Crippen LogP contribution in [0.15, 0.2) is 217 Å². The fraction of sp³-hybridized carbons (Fsp3) is 0. The lowest BCUT2D eigenvalue weighted by Gasteiger charge is -2.17. The van der Waals surface area contributed by atoms with Gasteiger partial charge in [-0.25, -0.2) is 15.0 Å². The molecule has 13 aromatic rings. The minimum atomic E-state index is 0.604. The molecule has 4 heterocycles. The number of para-hydroxylation sites is 4. The molecule has 0 bridgehead atoms. The number of aromatic nitrogens is 5. The molecule has 0 atom stereocenters. The summed E-state index contributed by atoms with van der Waals surface area (Å²) in [5.41, 5.74) is 13.2. The van der Waals surface area contributed by atoms with Crippen molar-refractivity contribution in [3.05, 3.63) is 212 Å². The van der Waals surface area contributed by atoms with E-state index >= 15 is 0 Å². The predicted molar refractivity (Wildman–Crippen MR) is 258 cm³/mol. The molecule has 0 aliphatic rings. The Hall–Kier alpha value is -8.61. The highest BCUT2D eigenvalue weighted by Gasteiger charge is 2.28. The first-order chi connectivity index (χ1) is 31.3. The predicted octanol–water partition coefficient (Wildman–Crippen LogP) is 14.6. The first kappa shape index (κ1) is 35.2. The minimum absolute atomic E-state index is 0.604. The van der Waals surface area contributed by atoms with Crippen molar-refractivity contribution < 1.29 is 4.42 Å². The van der Waals surface area contributed by atoms with Crippen molar-refractivity contribution in [2.24, 2.45) is 0 Å². The van der Waals surface area contributed by atoms with Gasteiger partial charge in [0.1, 0.15) is 11.2 Å². The van der Waals surface area contributed by atoms with Gasteiger partial charge in [-0.1, -0.05) is 164 Å². The Morgan fingerprint density at radius 3 is 1.46 bits per heavy atom. The van der Waals surface area contributed by atoms with E-state index in [0.29, 0.717) is 17.5 Å². The third-order valence-electron chi connectivity index (χ3n) is 12.3. The van der Waals surface area contributed by atoms with Crippen LogP contribution in [0, 0.1) is 0 Å². The molecule has 0 amide bonds. The first-order valence-electron chi connectivity index (χ1n) is 21.2. The molecule has 13 rings (SSSR count). The van der Waals surface area contributed by atoms with Crippen LogP contribution in [0.3, 0.4) is 0 Å². The van der Waals surface area contributed by atoms with E-state index in [-0.39, 0.29) is 0 Å². The Labute approximate surface area is 361 Å². The van der Waals surface area contributed by atoms with Crippen LogP contribution in [0.2, 0.25) is 0 Å². The maximum Gasteiger partial charge on any atom is 0.164 e. The molecule has 9 aromatic carbocycles. The van der Waals surface area contributed by atoms with Gasteiger partial charge in [-0.15, -0.1) is 0 Å². The second-order valence-corrected chi connectivity index (χ2v) is 15.9. The van der Waals surface area contributed by atoms with Gasteiger partial charge in [0.05, 0.1) is 33.1 Å². The molecule has 6 heteroatoms. The first-order valence-corrected chi connectivity index (χ1v) is 21.2. The number of fused-ring (bicyclic) bond motifs is 12. The zero-order valence-electron chi connectivity index (χ0n) is 33.9. The third-order valence-corrected chi connectivity index (χ3v) is 12.3. The Morgan fingerprint density at radius 1 is 0.349 bits per heavy atom. The number of hydrogen-bond donors (Lipinski definition) is 0. The van der Waals surface area contributed by atoms with Crippen molar-refractivity contribution in [2.45, 2.75) is 0 Å². The normalized spacial score (nSPS) is 11.8. The standard InChI is InChI=1S/C57H35N5O/c1-5-19-36(20-6-1)44-35-39(57-59-55(37-21-7-2-8-22-37)58-56(60-57)38-23-9-3-10-24-38)33-34-47(44)62-46-31-17-13-27-41(46)49-50-43-29-15-18-32-48(43)63-54(50)51-42-28-14-16-30-45(42)61(53(51)52(49)62)40-25-11-4-12-26-40/h1-35H. The Bertz CT molecular complexity index is 3830. The fourth-order valence-corrected chi connectivity index (χ4v) is 9.63. The second kappa shape index (κ2) is 14.0. The van der Waals surface area contributed by atoms with E-state index in [9.17, 15) is 0 Å². The number of hydrogen-bond acceptors (Lipinski definition) is 4. The molecule has 63 heavy (non-hydrogen) atoms. The molecule has 0 fully saturated rings. The van der Waals surface area contributed by atoms with Crippen molar-refractivity contribution in [3.8, 4) is 56.7 Å². The highest BCUT2D eigenvalue weighted by Crippen LogP contribution is 2.50. The number of furan rings is 1. The van der Waals surface area contributed by atoms with Gasteiger partial charge >= 0.3 is 0 Å². The molecule has 294 valence electrons. The topological polar surface area (TPSA) is 61.7 Å². The minimum Gasteiger partial charge on any atom is -0.455 e. The van der Waals surface area contributed by atoms with Crippen LogP contribution in [-0.2, 0) is 0 Å². The zero-order chi connectivity index (χ0) is 41.4. The highest BCUT2D eigenvalue weighted by molar-refractivity contribution is 6.39. The average Bonchev–Trinajstić information content (AvgIpc) is 4.03. The smallest absolute Gasteiger partial charge is 0.164 e. The fourth-order valence-electron chi connectivity index (χ4n) is 9.63. The number of benzene rings is 9. The monoisotopic (exact) mass is 805 g/mol. The summed E-state index contributed by atoms with van der Waals surface area (Å²) in [7, 11) is 0. The van der Waals surface area contributed by atoms with Crippen molar-refractivity contribution >= 4 is 65.6 Å². The molecular formula is C57H35N5O. The van der Waals surface area contributed by atoms with Crippen molar-refractivity contribution in [1.29, 1.82) is 0 Å². The van der Waals surface area contributed by atoms with E-state index in [1.807, 2.05) is 60.7 Å². The van der Waals surface area contributed by atoms with E-state index in [2.05, 4.69) is 161 Å². The molecule has 6 nitrogen and oxygen atoms in total. The summed E-state index contributed by atoms with van der Waals surface area (Å²) in [4.78, 5) is 15.3. The van der Waals surface area contributed by atoms with Crippen molar-refractivity contribution in [1.82, 2.24) is 24.1 Å². The summed E-state index contributed by atoms with van der Waals surface area (Å²) in [5.74, 6) is 1.85. The summed E-state index contributed by atoms with van der Waals surface area (Å²) >= 11 is 0. The quantitative estimate of drug-likeness (QED) is 0.168. The Balaban J connectivity index is 1.19. The molecule has 0 aliphatic carbocycles. The Morgan fingerprint density at radius 2 is 0.825 bits per heavy atom. The highest BCUT2D eigenvalue weighted by atomic mass is 16.3. The summed E-state index contributed by atoms with van der Waals surface area (Å²) in [6, 6.07) is 74.2. The van der Waals surface area contributed by atoms with Gasteiger partial charge in [-0.05, 0) is 54.1 Å². The number of rotatable bonds is 6. The molecular weight excluding hydrogens is 771 g/mol. The summed E-state index contributed by atoms with van der Waals surface area (Å²) in [5, 5.41) is 6.73. The molecule has 0 saturated carbocycles. The second-order valence-electron chi connectivity index (χ2n) is 15.9. The van der Waals surface area contributed by atoms with Gasteiger partial charge in [-0.2, -0.15) is 0 Å². The molecule has 4 aromatic heterocycles. The van der Waals surface area contributed by atoms with Gasteiger partial charge in [-0.3, -0.25) is 0 Å². The SMILES string of the molecule is c1ccc(-c2nc(-c3ccccc3)nc(-c3ccc(-n4c5ccccc5c5c6c7ccccc7oc6c6c7ccccc7n(-c7ccccc7)c6c54)c(-c4ccccc4)c3)n2)cc1. The lowest BCUT2D eigenvalue weighted by atomic mass is 9.99. The van der Waals surface area contributed by atoms with Crippen LogP contribution < -0.4 is 0 Å². The van der Waals surface area contributed by atoms with E-state index in [0.717, 1.165) is 105 Å². The van der Waals surface area contributed by atoms with Gasteiger partial charge in [0.2, 0.25) is 0 Å². The molecule has 0 radical (unpaired) electrons. The van der Waals surface area contributed by atoms with Crippen LogP contribution in [0.5, 0.6) is 0 Å². The van der Waals surface area contributed by atoms with Gasteiger partial charge < -0.3 is 13.6 Å². The van der Waals surface area contributed by atoms with Crippen LogP contribution in [0.1, 0.15) is 0 Å². The molecule has 0 aliphatic heterocycles. The van der Waals surface area contributed by atoms with Crippen molar-refractivity contribution in [3.63, 3.8) is 0 Å². The van der Waals surface area contributed by atoms with Crippen LogP contribution >= 0.6 is 0 Å². The summed E-state index contributed by atoms with van der Waals surface area (Å²) in [6.45, 7) is 0. The van der Waals surface area contributed by atoms with E-state index < -0.39 is 0 Å². The van der Waals surface area contributed by atoms with E-state index in [1.54, 1.807) is 0 Å². The zero-order valence-corrected chi connectivity index (χ0v) is 33.9. The number of nitrogens with zero attached hydrogens (tertiary/aromatic N) is 5. The molecule has 0 N–H and O–H groups in total. The lowest BCUT2D eigenvalue weighted by Crippen LogP contribution is -2.03. The van der Waals surface area contributed by atoms with Gasteiger partial charge in [0.15, 0.2) is 17.5 Å². The Kier molecular flexibility index (Phi) is 7.80. The van der Waals surface area contributed by atoms with Crippen LogP contribution in [0.4, 0.5) is 0 Å². The van der Waals surface area contributed by atoms with E-state index in [4.69, 9.17) is 19.4 Å².